The predicted molar refractivity (Wildman–Crippen MR) is 70.3 cm³/mol. The highest BCUT2D eigenvalue weighted by atomic mass is 16.2. The Bertz CT molecular complexity index is 603. The third kappa shape index (κ3) is 3.09. The van der Waals surface area contributed by atoms with Crippen molar-refractivity contribution in [1.29, 1.82) is 0 Å². The van der Waals surface area contributed by atoms with E-state index in [-0.39, 0.29) is 23.7 Å². The third-order valence-corrected chi connectivity index (χ3v) is 2.51. The van der Waals surface area contributed by atoms with Crippen molar-refractivity contribution in [2.45, 2.75) is 6.42 Å². The highest BCUT2D eigenvalue weighted by molar-refractivity contribution is 6.02. The summed E-state index contributed by atoms with van der Waals surface area (Å²) in [5.74, 6) is -0.735. The summed E-state index contributed by atoms with van der Waals surface area (Å²) in [6, 6.07) is 6.95. The number of aromatic amines is 1. The molecule has 2 amide bonds. The monoisotopic (exact) mass is 259 g/mol. The molecule has 0 saturated carbocycles. The Kier molecular flexibility index (Phi) is 3.46. The molecule has 1 heterocycles. The maximum atomic E-state index is 11.8. The lowest BCUT2D eigenvalue weighted by molar-refractivity contribution is -0.115. The van der Waals surface area contributed by atoms with Crippen molar-refractivity contribution in [3.05, 3.63) is 41.6 Å². The number of H-pyrrole nitrogens is 1. The van der Waals surface area contributed by atoms with Crippen LogP contribution in [0.15, 0.2) is 30.5 Å². The van der Waals surface area contributed by atoms with E-state index >= 15 is 0 Å². The van der Waals surface area contributed by atoms with Gasteiger partial charge in [0, 0.05) is 5.69 Å². The summed E-state index contributed by atoms with van der Waals surface area (Å²) in [5.41, 5.74) is 12.3. The van der Waals surface area contributed by atoms with E-state index in [9.17, 15) is 9.59 Å². The van der Waals surface area contributed by atoms with Crippen molar-refractivity contribution in [2.75, 3.05) is 11.1 Å². The van der Waals surface area contributed by atoms with Crippen LogP contribution in [-0.2, 0) is 11.2 Å². The van der Waals surface area contributed by atoms with Gasteiger partial charge in [-0.05, 0) is 17.7 Å². The molecule has 0 radical (unpaired) electrons. The van der Waals surface area contributed by atoms with Crippen LogP contribution in [0.2, 0.25) is 0 Å². The Morgan fingerprint density at radius 2 is 1.95 bits per heavy atom. The second-order valence-corrected chi connectivity index (χ2v) is 3.99. The lowest BCUT2D eigenvalue weighted by atomic mass is 10.1. The van der Waals surface area contributed by atoms with Gasteiger partial charge in [-0.25, -0.2) is 0 Å². The summed E-state index contributed by atoms with van der Waals surface area (Å²) in [4.78, 5) is 22.9. The van der Waals surface area contributed by atoms with Gasteiger partial charge in [-0.2, -0.15) is 5.10 Å². The van der Waals surface area contributed by atoms with Crippen LogP contribution >= 0.6 is 0 Å². The van der Waals surface area contributed by atoms with Crippen LogP contribution in [0.25, 0.3) is 0 Å². The lowest BCUT2D eigenvalue weighted by Gasteiger charge is -2.04. The molecule has 0 aliphatic rings. The summed E-state index contributed by atoms with van der Waals surface area (Å²) >= 11 is 0. The summed E-state index contributed by atoms with van der Waals surface area (Å²) in [7, 11) is 0. The quantitative estimate of drug-likeness (QED) is 0.588. The predicted octanol–water partition coefficient (Wildman–Crippen LogP) is 0.272. The fourth-order valence-electron chi connectivity index (χ4n) is 1.57. The van der Waals surface area contributed by atoms with E-state index in [1.807, 2.05) is 0 Å². The Labute approximate surface area is 109 Å². The molecular weight excluding hydrogens is 246 g/mol. The van der Waals surface area contributed by atoms with Crippen LogP contribution in [0.1, 0.15) is 15.9 Å². The number of hydrogen-bond donors (Lipinski definition) is 4. The average Bonchev–Trinajstić information content (AvgIpc) is 2.80. The number of primary amides is 1. The first-order valence-corrected chi connectivity index (χ1v) is 5.53. The largest absolute Gasteiger partial charge is 0.399 e. The van der Waals surface area contributed by atoms with Crippen LogP contribution < -0.4 is 16.8 Å². The summed E-state index contributed by atoms with van der Waals surface area (Å²) in [6.07, 6.45) is 1.43. The van der Waals surface area contributed by atoms with Gasteiger partial charge in [0.25, 0.3) is 5.91 Å². The number of nitrogens with zero attached hydrogens (tertiary/aromatic N) is 1. The fraction of sp³-hybridized carbons (Fsp3) is 0.0833. The molecule has 2 aromatic rings. The van der Waals surface area contributed by atoms with E-state index < -0.39 is 5.91 Å². The molecule has 7 nitrogen and oxygen atoms in total. The maximum absolute atomic E-state index is 11.8. The van der Waals surface area contributed by atoms with Crippen molar-refractivity contribution in [1.82, 2.24) is 10.2 Å². The minimum atomic E-state index is -0.656. The molecular formula is C12H13N5O2. The van der Waals surface area contributed by atoms with Gasteiger partial charge in [0.05, 0.1) is 12.6 Å². The van der Waals surface area contributed by atoms with Gasteiger partial charge in [0.2, 0.25) is 5.91 Å². The number of amides is 2. The zero-order valence-corrected chi connectivity index (χ0v) is 10.0. The van der Waals surface area contributed by atoms with Crippen molar-refractivity contribution < 1.29 is 9.59 Å². The first kappa shape index (κ1) is 12.6. The number of nitrogens with two attached hydrogens (primary N) is 2. The van der Waals surface area contributed by atoms with Crippen LogP contribution in [0.3, 0.4) is 0 Å². The minimum absolute atomic E-state index is 0.144. The minimum Gasteiger partial charge on any atom is -0.399 e. The summed E-state index contributed by atoms with van der Waals surface area (Å²) < 4.78 is 0. The zero-order chi connectivity index (χ0) is 13.8. The second kappa shape index (κ2) is 5.21. The number of carbonyl (C=O) groups is 2. The molecule has 0 aliphatic heterocycles. The second-order valence-electron chi connectivity index (χ2n) is 3.99. The molecule has 2 rings (SSSR count). The van der Waals surface area contributed by atoms with Gasteiger partial charge in [0.1, 0.15) is 11.4 Å². The van der Waals surface area contributed by atoms with E-state index in [1.54, 1.807) is 24.3 Å². The van der Waals surface area contributed by atoms with Crippen molar-refractivity contribution in [3.63, 3.8) is 0 Å². The van der Waals surface area contributed by atoms with Crippen LogP contribution in [0.4, 0.5) is 11.5 Å². The molecule has 0 bridgehead atoms. The number of nitrogen functional groups attached to an aromatic ring is 1. The standard InChI is InChI=1S/C12H13N5O2/c13-8-3-1-7(2-4-8)5-10(18)16-12-9(11(14)19)6-15-17-12/h1-4,6H,5,13H2,(H2,14,19)(H2,15,16,17,18). The number of anilines is 2. The van der Waals surface area contributed by atoms with Gasteiger partial charge in [-0.15, -0.1) is 0 Å². The van der Waals surface area contributed by atoms with Crippen molar-refractivity contribution >= 4 is 23.3 Å². The number of benzene rings is 1. The van der Waals surface area contributed by atoms with Gasteiger partial charge in [0.15, 0.2) is 0 Å². The van der Waals surface area contributed by atoms with Crippen molar-refractivity contribution in [3.8, 4) is 0 Å². The lowest BCUT2D eigenvalue weighted by Crippen LogP contribution is -2.18. The van der Waals surface area contributed by atoms with Gasteiger partial charge >= 0.3 is 0 Å². The van der Waals surface area contributed by atoms with E-state index in [4.69, 9.17) is 11.5 Å². The molecule has 0 fully saturated rings. The molecule has 0 spiro atoms. The number of carbonyl (C=O) groups excluding carboxylic acids is 2. The van der Waals surface area contributed by atoms with Gasteiger partial charge in [-0.1, -0.05) is 12.1 Å². The number of aromatic nitrogens is 2. The fourth-order valence-corrected chi connectivity index (χ4v) is 1.57. The highest BCUT2D eigenvalue weighted by Crippen LogP contribution is 2.11. The molecule has 6 N–H and O–H groups in total. The molecule has 0 unspecified atom stereocenters. The van der Waals surface area contributed by atoms with E-state index in [2.05, 4.69) is 15.5 Å². The molecule has 0 atom stereocenters. The van der Waals surface area contributed by atoms with E-state index in [1.165, 1.54) is 6.20 Å². The number of nitrogens with one attached hydrogen (secondary N) is 2. The molecule has 98 valence electrons. The zero-order valence-electron chi connectivity index (χ0n) is 10.0. The normalized spacial score (nSPS) is 10.1. The summed E-state index contributed by atoms with van der Waals surface area (Å²) in [6.45, 7) is 0. The van der Waals surface area contributed by atoms with Crippen molar-refractivity contribution in [2.24, 2.45) is 5.73 Å². The highest BCUT2D eigenvalue weighted by Gasteiger charge is 2.13. The Balaban J connectivity index is 2.03. The first-order chi connectivity index (χ1) is 9.06. The molecule has 0 aliphatic carbocycles. The molecule has 1 aromatic heterocycles. The average molecular weight is 259 g/mol. The molecule has 7 heteroatoms. The Hall–Kier alpha value is -2.83. The van der Waals surface area contributed by atoms with Crippen LogP contribution in [0, 0.1) is 0 Å². The first-order valence-electron chi connectivity index (χ1n) is 5.53. The smallest absolute Gasteiger partial charge is 0.254 e. The molecule has 0 saturated heterocycles. The Morgan fingerprint density at radius 3 is 2.58 bits per heavy atom. The molecule has 19 heavy (non-hydrogen) atoms. The third-order valence-electron chi connectivity index (χ3n) is 2.51. The number of hydrogen-bond acceptors (Lipinski definition) is 4. The van der Waals surface area contributed by atoms with Gasteiger partial charge < -0.3 is 16.8 Å². The topological polar surface area (TPSA) is 127 Å². The van der Waals surface area contributed by atoms with Gasteiger partial charge in [-0.3, -0.25) is 14.7 Å². The van der Waals surface area contributed by atoms with E-state index in [0.717, 1.165) is 5.56 Å². The van der Waals surface area contributed by atoms with E-state index in [0.29, 0.717) is 5.69 Å². The summed E-state index contributed by atoms with van der Waals surface area (Å²) in [5, 5.41) is 8.71. The molecule has 1 aromatic carbocycles. The SMILES string of the molecule is NC(=O)c1cn[nH]c1NC(=O)Cc1ccc(N)cc1. The number of rotatable bonds is 4. The Morgan fingerprint density at radius 1 is 1.26 bits per heavy atom. The van der Waals surface area contributed by atoms with Crippen LogP contribution in [-0.4, -0.2) is 22.0 Å². The maximum Gasteiger partial charge on any atom is 0.254 e. The van der Waals surface area contributed by atoms with Crippen LogP contribution in [0.5, 0.6) is 0 Å².